The Labute approximate surface area is 408 Å². The van der Waals surface area contributed by atoms with E-state index in [4.69, 9.17) is 0 Å². The SMILES string of the molecule is C=C(/C(C)=C(\C=C/C)c1cccc(-c2ccccc2)c1C)c1ccccc1.C=C(/C(C)=C(\C=C/C)c1cccc(-c2ccccc2)c1C)c1ccccc1.Cc1ccc(-c2ccc(C)cc2)cc1. The molecule has 0 amide bonds. The Bertz CT molecular complexity index is 2820. The third-order valence-corrected chi connectivity index (χ3v) is 12.5. The molecule has 0 atom stereocenters. The Hall–Kier alpha value is -7.80. The molecule has 68 heavy (non-hydrogen) atoms. The summed E-state index contributed by atoms with van der Waals surface area (Å²) < 4.78 is 0. The van der Waals surface area contributed by atoms with Gasteiger partial charge >= 0.3 is 0 Å². The zero-order valence-electron chi connectivity index (χ0n) is 41.4. The molecule has 0 aliphatic rings. The maximum atomic E-state index is 4.37. The Balaban J connectivity index is 0.000000176. The fraction of sp³-hybridized carbons (Fsp3) is 0.118. The summed E-state index contributed by atoms with van der Waals surface area (Å²) in [5.41, 5.74) is 24.6. The minimum Gasteiger partial charge on any atom is -0.0909 e. The highest BCUT2D eigenvalue weighted by Crippen LogP contribution is 2.37. The molecule has 0 saturated carbocycles. The van der Waals surface area contributed by atoms with Crippen LogP contribution in [0.15, 0.2) is 255 Å². The van der Waals surface area contributed by atoms with Gasteiger partial charge in [0.15, 0.2) is 0 Å². The van der Waals surface area contributed by atoms with E-state index in [1.165, 1.54) is 89.1 Å². The molecule has 0 spiro atoms. The second kappa shape index (κ2) is 24.6. The molecule has 8 aromatic carbocycles. The highest BCUT2D eigenvalue weighted by molar-refractivity contribution is 5.94. The van der Waals surface area contributed by atoms with Crippen LogP contribution in [-0.2, 0) is 0 Å². The van der Waals surface area contributed by atoms with E-state index in [1.807, 2.05) is 12.1 Å². The molecule has 0 aliphatic carbocycles. The largest absolute Gasteiger partial charge is 0.0909 e. The Morgan fingerprint density at radius 1 is 0.338 bits per heavy atom. The van der Waals surface area contributed by atoms with Crippen molar-refractivity contribution in [3.05, 3.63) is 299 Å². The molecule has 0 saturated heterocycles. The van der Waals surface area contributed by atoms with E-state index in [1.54, 1.807) is 0 Å². The molecular weight excluding hydrogens is 817 g/mol. The van der Waals surface area contributed by atoms with E-state index < -0.39 is 0 Å². The van der Waals surface area contributed by atoms with Gasteiger partial charge in [-0.2, -0.15) is 0 Å². The van der Waals surface area contributed by atoms with Crippen molar-refractivity contribution >= 4 is 22.3 Å². The van der Waals surface area contributed by atoms with E-state index in [0.29, 0.717) is 0 Å². The first-order valence-electron chi connectivity index (χ1n) is 23.6. The lowest BCUT2D eigenvalue weighted by Crippen LogP contribution is -1.95. The minimum atomic E-state index is 1.06. The van der Waals surface area contributed by atoms with Gasteiger partial charge in [0.05, 0.1) is 0 Å². The molecule has 338 valence electrons. The van der Waals surface area contributed by atoms with Crippen LogP contribution >= 0.6 is 0 Å². The topological polar surface area (TPSA) is 0 Å². The van der Waals surface area contributed by atoms with Crippen LogP contribution in [0, 0.1) is 27.7 Å². The van der Waals surface area contributed by atoms with Gasteiger partial charge in [0.1, 0.15) is 0 Å². The number of hydrogen-bond donors (Lipinski definition) is 0. The molecule has 0 heterocycles. The molecule has 8 aromatic rings. The van der Waals surface area contributed by atoms with Gasteiger partial charge in [-0.05, 0) is 156 Å². The standard InChI is InChI=1S/2C27H26.C14H14/c2*1-5-13-26(21(3)20(2)23-14-8-6-9-15-23)27-19-12-18-25(22(27)4)24-16-10-7-11-17-24;1-11-3-7-13(8-4-11)14-9-5-12(2)6-10-14/h2*5-19H,2H2,1,3-4H3;3-10H,1-2H3/b2*13-5-,26-21+;. The molecule has 0 heteroatoms. The van der Waals surface area contributed by atoms with Crippen LogP contribution in [0.25, 0.3) is 55.7 Å². The van der Waals surface area contributed by atoms with Crippen LogP contribution < -0.4 is 0 Å². The highest BCUT2D eigenvalue weighted by Gasteiger charge is 2.15. The van der Waals surface area contributed by atoms with Gasteiger partial charge in [0.25, 0.3) is 0 Å². The number of benzene rings is 8. The van der Waals surface area contributed by atoms with Crippen LogP contribution in [0.1, 0.15) is 72.2 Å². The third-order valence-electron chi connectivity index (χ3n) is 12.5. The van der Waals surface area contributed by atoms with Crippen molar-refractivity contribution in [1.29, 1.82) is 0 Å². The number of rotatable bonds is 11. The van der Waals surface area contributed by atoms with Gasteiger partial charge in [-0.1, -0.05) is 255 Å². The smallest absolute Gasteiger partial charge is 0.0146 e. The van der Waals surface area contributed by atoms with E-state index in [-0.39, 0.29) is 0 Å². The van der Waals surface area contributed by atoms with E-state index in [9.17, 15) is 0 Å². The van der Waals surface area contributed by atoms with Crippen LogP contribution in [0.3, 0.4) is 0 Å². The van der Waals surface area contributed by atoms with E-state index >= 15 is 0 Å². The number of hydrogen-bond acceptors (Lipinski definition) is 0. The first-order valence-corrected chi connectivity index (χ1v) is 23.6. The molecule has 0 fully saturated rings. The molecule has 0 radical (unpaired) electrons. The third kappa shape index (κ3) is 12.8. The summed E-state index contributed by atoms with van der Waals surface area (Å²) in [6, 6.07) is 72.3. The van der Waals surface area contributed by atoms with Crippen molar-refractivity contribution in [2.75, 3.05) is 0 Å². The van der Waals surface area contributed by atoms with Gasteiger partial charge in [-0.15, -0.1) is 0 Å². The fourth-order valence-corrected chi connectivity index (χ4v) is 8.41. The molecule has 0 aliphatic heterocycles. The van der Waals surface area contributed by atoms with E-state index in [2.05, 4.69) is 287 Å². The van der Waals surface area contributed by atoms with Crippen LogP contribution in [0.2, 0.25) is 0 Å². The van der Waals surface area contributed by atoms with Gasteiger partial charge in [0, 0.05) is 0 Å². The monoisotopic (exact) mass is 883 g/mol. The Kier molecular flexibility index (Phi) is 18.0. The zero-order valence-corrected chi connectivity index (χ0v) is 41.4. The average molecular weight is 883 g/mol. The maximum absolute atomic E-state index is 4.37. The summed E-state index contributed by atoms with van der Waals surface area (Å²) in [5.74, 6) is 0. The first kappa shape index (κ1) is 49.6. The average Bonchev–Trinajstić information content (AvgIpc) is 3.39. The molecule has 8 rings (SSSR count). The second-order valence-corrected chi connectivity index (χ2v) is 17.2. The molecular formula is C68H66. The van der Waals surface area contributed by atoms with Crippen molar-refractivity contribution in [3.63, 3.8) is 0 Å². The molecule has 0 N–H and O–H groups in total. The zero-order chi connectivity index (χ0) is 48.4. The predicted octanol–water partition coefficient (Wildman–Crippen LogP) is 19.4. The van der Waals surface area contributed by atoms with Gasteiger partial charge in [-0.25, -0.2) is 0 Å². The van der Waals surface area contributed by atoms with Crippen molar-refractivity contribution in [2.45, 2.75) is 55.4 Å². The molecule has 0 aromatic heterocycles. The molecule has 0 bridgehead atoms. The van der Waals surface area contributed by atoms with Crippen molar-refractivity contribution in [2.24, 2.45) is 0 Å². The Morgan fingerprint density at radius 2 is 0.647 bits per heavy atom. The van der Waals surface area contributed by atoms with Crippen molar-refractivity contribution < 1.29 is 0 Å². The maximum Gasteiger partial charge on any atom is -0.0146 e. The lowest BCUT2D eigenvalue weighted by molar-refractivity contribution is 1.39. The van der Waals surface area contributed by atoms with Crippen LogP contribution in [0.5, 0.6) is 0 Å². The normalized spacial score (nSPS) is 11.7. The second-order valence-electron chi connectivity index (χ2n) is 17.2. The lowest BCUT2D eigenvalue weighted by Gasteiger charge is -2.17. The summed E-state index contributed by atoms with van der Waals surface area (Å²) >= 11 is 0. The van der Waals surface area contributed by atoms with Gasteiger partial charge < -0.3 is 0 Å². The number of aryl methyl sites for hydroxylation is 2. The molecule has 0 unspecified atom stereocenters. The summed E-state index contributed by atoms with van der Waals surface area (Å²) in [7, 11) is 0. The predicted molar refractivity (Wildman–Crippen MR) is 300 cm³/mol. The summed E-state index contributed by atoms with van der Waals surface area (Å²) in [6.45, 7) is 25.8. The fourth-order valence-electron chi connectivity index (χ4n) is 8.41. The Morgan fingerprint density at radius 3 is 0.956 bits per heavy atom. The highest BCUT2D eigenvalue weighted by atomic mass is 14.2. The van der Waals surface area contributed by atoms with Crippen molar-refractivity contribution in [3.8, 4) is 33.4 Å². The number of allylic oxidation sites excluding steroid dienone is 10. The quantitative estimate of drug-likeness (QED) is 0.114. The van der Waals surface area contributed by atoms with Gasteiger partial charge in [0.2, 0.25) is 0 Å². The van der Waals surface area contributed by atoms with E-state index in [0.717, 1.165) is 22.3 Å². The minimum absolute atomic E-state index is 1.06. The summed E-state index contributed by atoms with van der Waals surface area (Å²) in [6.07, 6.45) is 8.60. The van der Waals surface area contributed by atoms with Crippen LogP contribution in [-0.4, -0.2) is 0 Å². The molecule has 0 nitrogen and oxygen atoms in total. The summed E-state index contributed by atoms with van der Waals surface area (Å²) in [4.78, 5) is 0. The summed E-state index contributed by atoms with van der Waals surface area (Å²) in [5, 5.41) is 0. The van der Waals surface area contributed by atoms with Gasteiger partial charge in [-0.3, -0.25) is 0 Å². The van der Waals surface area contributed by atoms with Crippen LogP contribution in [0.4, 0.5) is 0 Å². The lowest BCUT2D eigenvalue weighted by atomic mass is 9.87. The van der Waals surface area contributed by atoms with Crippen molar-refractivity contribution in [1.82, 2.24) is 0 Å². The first-order chi connectivity index (χ1) is 33.0.